The average Bonchev–Trinajstić information content (AvgIpc) is 2.06. The normalized spacial score (nSPS) is 36.2. The van der Waals surface area contributed by atoms with Gasteiger partial charge in [0, 0.05) is 12.3 Å². The van der Waals surface area contributed by atoms with Gasteiger partial charge in [0.1, 0.15) is 0 Å². The van der Waals surface area contributed by atoms with Crippen molar-refractivity contribution in [3.63, 3.8) is 0 Å². The number of rotatable bonds is 0. The Bertz CT molecular complexity index is 213. The number of oxime groups is 1. The van der Waals surface area contributed by atoms with Crippen molar-refractivity contribution in [1.29, 1.82) is 0 Å². The molecule has 0 saturated carbocycles. The van der Waals surface area contributed by atoms with Gasteiger partial charge < -0.3 is 9.94 Å². The molecule has 2 unspecified atom stereocenters. The maximum atomic E-state index is 9.66. The van der Waals surface area contributed by atoms with Gasteiger partial charge in [-0.25, -0.2) is 0 Å². The number of aliphatic hydroxyl groups is 1. The monoisotopic (exact) mass is 171 g/mol. The Labute approximate surface area is 73.4 Å². The molecule has 0 aromatic heterocycles. The zero-order chi connectivity index (χ0) is 9.57. The summed E-state index contributed by atoms with van der Waals surface area (Å²) in [6.45, 7) is 9.75. The SMILES string of the molecule is CC1C(C(C)(C)C)=NOC1(C)O. The maximum Gasteiger partial charge on any atom is 0.239 e. The van der Waals surface area contributed by atoms with Crippen molar-refractivity contribution in [1.82, 2.24) is 0 Å². The molecule has 1 aliphatic heterocycles. The second kappa shape index (κ2) is 2.46. The van der Waals surface area contributed by atoms with Crippen molar-refractivity contribution in [2.75, 3.05) is 0 Å². The van der Waals surface area contributed by atoms with Crippen molar-refractivity contribution in [2.24, 2.45) is 16.5 Å². The lowest BCUT2D eigenvalue weighted by molar-refractivity contribution is -0.190. The van der Waals surface area contributed by atoms with Crippen LogP contribution in [0.4, 0.5) is 0 Å². The smallest absolute Gasteiger partial charge is 0.239 e. The number of nitrogens with zero attached hydrogens (tertiary/aromatic N) is 1. The van der Waals surface area contributed by atoms with E-state index in [4.69, 9.17) is 4.84 Å². The van der Waals surface area contributed by atoms with Crippen LogP contribution in [0.15, 0.2) is 5.16 Å². The van der Waals surface area contributed by atoms with E-state index in [0.29, 0.717) is 0 Å². The van der Waals surface area contributed by atoms with Gasteiger partial charge in [0.25, 0.3) is 0 Å². The molecule has 70 valence electrons. The van der Waals surface area contributed by atoms with Gasteiger partial charge in [0.15, 0.2) is 0 Å². The van der Waals surface area contributed by atoms with Crippen LogP contribution in [0.5, 0.6) is 0 Å². The lowest BCUT2D eigenvalue weighted by atomic mass is 9.80. The van der Waals surface area contributed by atoms with Crippen molar-refractivity contribution >= 4 is 5.71 Å². The van der Waals surface area contributed by atoms with Crippen LogP contribution in [0.1, 0.15) is 34.6 Å². The summed E-state index contributed by atoms with van der Waals surface area (Å²) in [6.07, 6.45) is 0. The molecule has 0 aromatic carbocycles. The Morgan fingerprint density at radius 2 is 2.00 bits per heavy atom. The van der Waals surface area contributed by atoms with E-state index in [-0.39, 0.29) is 11.3 Å². The fraction of sp³-hybridized carbons (Fsp3) is 0.889. The van der Waals surface area contributed by atoms with E-state index in [1.54, 1.807) is 6.92 Å². The van der Waals surface area contributed by atoms with Gasteiger partial charge in [-0.05, 0) is 0 Å². The summed E-state index contributed by atoms with van der Waals surface area (Å²) in [5.74, 6) is -1.15. The van der Waals surface area contributed by atoms with E-state index in [0.717, 1.165) is 5.71 Å². The van der Waals surface area contributed by atoms with E-state index < -0.39 is 5.79 Å². The van der Waals surface area contributed by atoms with Crippen LogP contribution in [0, 0.1) is 11.3 Å². The van der Waals surface area contributed by atoms with Crippen molar-refractivity contribution in [2.45, 2.75) is 40.4 Å². The summed E-state index contributed by atoms with van der Waals surface area (Å²) in [4.78, 5) is 4.94. The molecule has 0 aromatic rings. The highest BCUT2D eigenvalue weighted by atomic mass is 16.7. The molecule has 1 rings (SSSR count). The number of hydrogen-bond donors (Lipinski definition) is 1. The minimum absolute atomic E-state index is 0.0279. The Morgan fingerprint density at radius 3 is 2.17 bits per heavy atom. The van der Waals surface area contributed by atoms with Crippen LogP contribution < -0.4 is 0 Å². The molecule has 0 radical (unpaired) electrons. The molecule has 0 saturated heterocycles. The van der Waals surface area contributed by atoms with Crippen LogP contribution in [0.3, 0.4) is 0 Å². The first-order valence-electron chi connectivity index (χ1n) is 4.24. The first-order valence-corrected chi connectivity index (χ1v) is 4.24. The molecule has 1 heterocycles. The molecule has 3 heteroatoms. The number of hydrogen-bond acceptors (Lipinski definition) is 3. The van der Waals surface area contributed by atoms with E-state index in [9.17, 15) is 5.11 Å². The highest BCUT2D eigenvalue weighted by Gasteiger charge is 2.44. The fourth-order valence-electron chi connectivity index (χ4n) is 1.34. The quantitative estimate of drug-likeness (QED) is 0.603. The standard InChI is InChI=1S/C9H17NO2/c1-6-7(8(2,3)4)10-12-9(6,5)11/h6,11H,1-5H3. The van der Waals surface area contributed by atoms with Crippen molar-refractivity contribution < 1.29 is 9.94 Å². The van der Waals surface area contributed by atoms with Gasteiger partial charge >= 0.3 is 0 Å². The van der Waals surface area contributed by atoms with E-state index in [1.807, 2.05) is 6.92 Å². The Morgan fingerprint density at radius 1 is 1.50 bits per heavy atom. The third-order valence-corrected chi connectivity index (χ3v) is 2.31. The summed E-state index contributed by atoms with van der Waals surface area (Å²) in [7, 11) is 0. The lowest BCUT2D eigenvalue weighted by Crippen LogP contribution is -2.37. The molecule has 12 heavy (non-hydrogen) atoms. The average molecular weight is 171 g/mol. The molecule has 3 nitrogen and oxygen atoms in total. The molecule has 1 N–H and O–H groups in total. The van der Waals surface area contributed by atoms with Crippen LogP contribution in [0.25, 0.3) is 0 Å². The first-order chi connectivity index (χ1) is 5.25. The molecule has 0 fully saturated rings. The predicted molar refractivity (Wildman–Crippen MR) is 47.8 cm³/mol. The van der Waals surface area contributed by atoms with Crippen LogP contribution in [-0.4, -0.2) is 16.6 Å². The third-order valence-electron chi connectivity index (χ3n) is 2.31. The molecule has 0 spiro atoms. The van der Waals surface area contributed by atoms with Crippen molar-refractivity contribution in [3.8, 4) is 0 Å². The van der Waals surface area contributed by atoms with Gasteiger partial charge in [-0.15, -0.1) is 0 Å². The summed E-state index contributed by atoms with van der Waals surface area (Å²) in [5.41, 5.74) is 0.896. The summed E-state index contributed by atoms with van der Waals surface area (Å²) in [5, 5.41) is 13.6. The van der Waals surface area contributed by atoms with E-state index in [2.05, 4.69) is 25.9 Å². The summed E-state index contributed by atoms with van der Waals surface area (Å²) >= 11 is 0. The maximum absolute atomic E-state index is 9.66. The third kappa shape index (κ3) is 1.46. The highest BCUT2D eigenvalue weighted by Crippen LogP contribution is 2.34. The lowest BCUT2D eigenvalue weighted by Gasteiger charge is -2.25. The predicted octanol–water partition coefficient (Wildman–Crippen LogP) is 1.76. The fourth-order valence-corrected chi connectivity index (χ4v) is 1.34. The topological polar surface area (TPSA) is 41.8 Å². The second-order valence-electron chi connectivity index (χ2n) is 4.59. The Hall–Kier alpha value is -0.570. The molecule has 2 atom stereocenters. The molecule has 1 aliphatic rings. The highest BCUT2D eigenvalue weighted by molar-refractivity contribution is 5.92. The second-order valence-corrected chi connectivity index (χ2v) is 4.59. The van der Waals surface area contributed by atoms with Crippen LogP contribution in [-0.2, 0) is 4.84 Å². The van der Waals surface area contributed by atoms with Gasteiger partial charge in [0.05, 0.1) is 11.6 Å². The van der Waals surface area contributed by atoms with E-state index in [1.165, 1.54) is 0 Å². The molecular weight excluding hydrogens is 154 g/mol. The molecule has 0 amide bonds. The van der Waals surface area contributed by atoms with Crippen molar-refractivity contribution in [3.05, 3.63) is 0 Å². The van der Waals surface area contributed by atoms with Gasteiger partial charge in [-0.1, -0.05) is 32.9 Å². The largest absolute Gasteiger partial charge is 0.360 e. The zero-order valence-corrected chi connectivity index (χ0v) is 8.38. The van der Waals surface area contributed by atoms with Gasteiger partial charge in [0.2, 0.25) is 5.79 Å². The molecular formula is C9H17NO2. The minimum atomic E-state index is -1.12. The Balaban J connectivity index is 2.86. The summed E-state index contributed by atoms with van der Waals surface area (Å²) in [6, 6.07) is 0. The van der Waals surface area contributed by atoms with Gasteiger partial charge in [-0.2, -0.15) is 0 Å². The molecule has 0 bridgehead atoms. The Kier molecular flexibility index (Phi) is 1.95. The minimum Gasteiger partial charge on any atom is -0.360 e. The summed E-state index contributed by atoms with van der Waals surface area (Å²) < 4.78 is 0. The molecule has 0 aliphatic carbocycles. The van der Waals surface area contributed by atoms with E-state index >= 15 is 0 Å². The van der Waals surface area contributed by atoms with Crippen LogP contribution >= 0.6 is 0 Å². The van der Waals surface area contributed by atoms with Gasteiger partial charge in [-0.3, -0.25) is 0 Å². The first kappa shape index (κ1) is 9.52. The van der Waals surface area contributed by atoms with Crippen LogP contribution in [0.2, 0.25) is 0 Å². The zero-order valence-electron chi connectivity index (χ0n) is 8.38.